The Labute approximate surface area is 111 Å². The predicted molar refractivity (Wildman–Crippen MR) is 72.8 cm³/mol. The number of aromatic nitrogens is 4. The molecule has 19 heavy (non-hydrogen) atoms. The molecule has 0 radical (unpaired) electrons. The lowest BCUT2D eigenvalue weighted by Crippen LogP contribution is -2.23. The Balaban J connectivity index is 2.88. The molecule has 1 N–H and O–H groups in total. The minimum atomic E-state index is -0.347. The molecule has 0 unspecified atom stereocenters. The summed E-state index contributed by atoms with van der Waals surface area (Å²) in [6.07, 6.45) is 0.627. The van der Waals surface area contributed by atoms with Gasteiger partial charge in [0.1, 0.15) is 0 Å². The highest BCUT2D eigenvalue weighted by Gasteiger charge is 2.20. The third kappa shape index (κ3) is 2.01. The molecule has 6 nitrogen and oxygen atoms in total. The first-order valence-corrected chi connectivity index (χ1v) is 6.61. The second-order valence-electron chi connectivity index (χ2n) is 5.26. The van der Waals surface area contributed by atoms with E-state index in [2.05, 4.69) is 10.1 Å². The van der Waals surface area contributed by atoms with Gasteiger partial charge in [-0.1, -0.05) is 20.8 Å². The summed E-state index contributed by atoms with van der Waals surface area (Å²) in [6, 6.07) is -0.0684. The fourth-order valence-corrected chi connectivity index (χ4v) is 2.21. The third-order valence-electron chi connectivity index (χ3n) is 3.19. The van der Waals surface area contributed by atoms with Gasteiger partial charge in [-0.05, 0) is 26.2 Å². The fraction of sp³-hybridized carbons (Fsp3) is 0.615. The number of fused-ring (bicyclic) bond motifs is 1. The van der Waals surface area contributed by atoms with Crippen molar-refractivity contribution in [3.63, 3.8) is 0 Å². The Hall–Kier alpha value is -1.85. The van der Waals surface area contributed by atoms with E-state index in [9.17, 15) is 9.90 Å². The molecule has 2 heterocycles. The lowest BCUT2D eigenvalue weighted by Gasteiger charge is -2.12. The van der Waals surface area contributed by atoms with Crippen LogP contribution in [0.5, 0.6) is 5.88 Å². The highest BCUT2D eigenvalue weighted by atomic mass is 16.3. The van der Waals surface area contributed by atoms with Crippen molar-refractivity contribution in [2.24, 2.45) is 0 Å². The van der Waals surface area contributed by atoms with Crippen LogP contribution in [0.3, 0.4) is 0 Å². The predicted octanol–water partition coefficient (Wildman–Crippen LogP) is 1.86. The Kier molecular flexibility index (Phi) is 3.34. The lowest BCUT2D eigenvalue weighted by molar-refractivity contribution is 0.429. The molecule has 0 saturated carbocycles. The van der Waals surface area contributed by atoms with Gasteiger partial charge < -0.3 is 5.11 Å². The maximum absolute atomic E-state index is 12.2. The van der Waals surface area contributed by atoms with E-state index in [0.29, 0.717) is 12.0 Å². The van der Waals surface area contributed by atoms with Gasteiger partial charge in [-0.3, -0.25) is 0 Å². The third-order valence-corrected chi connectivity index (χ3v) is 3.19. The first-order valence-electron chi connectivity index (χ1n) is 6.61. The van der Waals surface area contributed by atoms with Crippen molar-refractivity contribution in [2.45, 2.75) is 53.0 Å². The molecule has 2 rings (SSSR count). The summed E-state index contributed by atoms with van der Waals surface area (Å²) in [5.74, 6) is 0.398. The SMILES string of the molecule is CCc1c(C(C)C)nc2nn(C(C)C)c(=O)n2c1O. The second kappa shape index (κ2) is 4.68. The van der Waals surface area contributed by atoms with Crippen molar-refractivity contribution < 1.29 is 5.11 Å². The van der Waals surface area contributed by atoms with Crippen LogP contribution in [-0.2, 0) is 6.42 Å². The second-order valence-corrected chi connectivity index (χ2v) is 5.26. The van der Waals surface area contributed by atoms with Gasteiger partial charge in [-0.25, -0.2) is 14.5 Å². The summed E-state index contributed by atoms with van der Waals surface area (Å²) >= 11 is 0. The van der Waals surface area contributed by atoms with Crippen LogP contribution < -0.4 is 5.69 Å². The molecule has 0 aromatic carbocycles. The zero-order chi connectivity index (χ0) is 14.3. The molecule has 0 aliphatic rings. The summed E-state index contributed by atoms with van der Waals surface area (Å²) in [7, 11) is 0. The Morgan fingerprint density at radius 3 is 2.37 bits per heavy atom. The average Bonchev–Trinajstić information content (AvgIpc) is 2.66. The Morgan fingerprint density at radius 2 is 1.89 bits per heavy atom. The maximum atomic E-state index is 12.2. The molecule has 0 aliphatic carbocycles. The zero-order valence-electron chi connectivity index (χ0n) is 12.0. The van der Waals surface area contributed by atoms with Crippen LogP contribution in [0, 0.1) is 0 Å². The molecule has 0 spiro atoms. The Bertz CT molecular complexity index is 667. The van der Waals surface area contributed by atoms with Crippen LogP contribution >= 0.6 is 0 Å². The number of hydrogen-bond donors (Lipinski definition) is 1. The molecule has 0 fully saturated rings. The van der Waals surface area contributed by atoms with Crippen LogP contribution in [0.15, 0.2) is 4.79 Å². The molecule has 6 heteroatoms. The van der Waals surface area contributed by atoms with Crippen LogP contribution in [0.2, 0.25) is 0 Å². The molecule has 2 aromatic heterocycles. The van der Waals surface area contributed by atoms with E-state index in [1.165, 1.54) is 9.08 Å². The standard InChI is InChI=1S/C13H20N4O2/c1-6-9-10(7(2)3)14-12-15-17(8(4)5)13(19)16(12)11(9)18/h7-8,18H,6H2,1-5H3. The van der Waals surface area contributed by atoms with Gasteiger partial charge >= 0.3 is 5.69 Å². The summed E-state index contributed by atoms with van der Waals surface area (Å²) < 4.78 is 2.52. The first-order chi connectivity index (χ1) is 8.88. The largest absolute Gasteiger partial charge is 0.494 e. The molecule has 0 saturated heterocycles. The number of hydrogen-bond acceptors (Lipinski definition) is 4. The van der Waals surface area contributed by atoms with Crippen molar-refractivity contribution in [3.8, 4) is 5.88 Å². The van der Waals surface area contributed by atoms with E-state index in [1.807, 2.05) is 34.6 Å². The van der Waals surface area contributed by atoms with Crippen molar-refractivity contribution in [1.29, 1.82) is 0 Å². The van der Waals surface area contributed by atoms with Gasteiger partial charge in [-0.2, -0.15) is 4.40 Å². The minimum Gasteiger partial charge on any atom is -0.494 e. The quantitative estimate of drug-likeness (QED) is 0.918. The van der Waals surface area contributed by atoms with Crippen molar-refractivity contribution in [3.05, 3.63) is 21.7 Å². The molecule has 0 atom stereocenters. The molecular formula is C13H20N4O2. The van der Waals surface area contributed by atoms with Gasteiger partial charge in [-0.15, -0.1) is 5.10 Å². The minimum absolute atomic E-state index is 0.0342. The normalized spacial score (nSPS) is 11.9. The summed E-state index contributed by atoms with van der Waals surface area (Å²) in [4.78, 5) is 16.6. The Morgan fingerprint density at radius 1 is 1.26 bits per heavy atom. The van der Waals surface area contributed by atoms with Crippen LogP contribution in [0.4, 0.5) is 0 Å². The maximum Gasteiger partial charge on any atom is 0.354 e. The summed E-state index contributed by atoms with van der Waals surface area (Å²) in [5, 5.41) is 14.5. The molecule has 0 amide bonds. The van der Waals surface area contributed by atoms with Crippen LogP contribution in [-0.4, -0.2) is 24.3 Å². The number of aromatic hydroxyl groups is 1. The van der Waals surface area contributed by atoms with E-state index in [4.69, 9.17) is 0 Å². The van der Waals surface area contributed by atoms with Gasteiger partial charge in [0.05, 0.1) is 11.7 Å². The van der Waals surface area contributed by atoms with Crippen LogP contribution in [0.25, 0.3) is 5.78 Å². The van der Waals surface area contributed by atoms with E-state index in [0.717, 1.165) is 5.69 Å². The molecule has 0 aliphatic heterocycles. The fourth-order valence-electron chi connectivity index (χ4n) is 2.21. The summed E-state index contributed by atoms with van der Waals surface area (Å²) in [6.45, 7) is 9.69. The van der Waals surface area contributed by atoms with Gasteiger partial charge in [0.25, 0.3) is 5.78 Å². The molecule has 2 aromatic rings. The van der Waals surface area contributed by atoms with Gasteiger partial charge in [0.2, 0.25) is 5.88 Å². The monoisotopic (exact) mass is 264 g/mol. The van der Waals surface area contributed by atoms with Crippen molar-refractivity contribution in [1.82, 2.24) is 19.2 Å². The van der Waals surface area contributed by atoms with Gasteiger partial charge in [0.15, 0.2) is 0 Å². The molecule has 104 valence electrons. The van der Waals surface area contributed by atoms with Crippen molar-refractivity contribution in [2.75, 3.05) is 0 Å². The zero-order valence-corrected chi connectivity index (χ0v) is 12.0. The smallest absolute Gasteiger partial charge is 0.354 e. The number of nitrogens with zero attached hydrogens (tertiary/aromatic N) is 4. The summed E-state index contributed by atoms with van der Waals surface area (Å²) in [5.41, 5.74) is 1.17. The highest BCUT2D eigenvalue weighted by molar-refractivity contribution is 5.42. The van der Waals surface area contributed by atoms with Gasteiger partial charge in [0, 0.05) is 5.56 Å². The molecular weight excluding hydrogens is 244 g/mol. The van der Waals surface area contributed by atoms with E-state index < -0.39 is 0 Å². The average molecular weight is 264 g/mol. The van der Waals surface area contributed by atoms with Crippen LogP contribution in [0.1, 0.15) is 57.8 Å². The van der Waals surface area contributed by atoms with E-state index in [1.54, 1.807) is 0 Å². The first kappa shape index (κ1) is 13.6. The lowest BCUT2D eigenvalue weighted by atomic mass is 10.0. The molecule has 0 bridgehead atoms. The van der Waals surface area contributed by atoms with Crippen molar-refractivity contribution >= 4 is 5.78 Å². The van der Waals surface area contributed by atoms with E-state index >= 15 is 0 Å². The highest BCUT2D eigenvalue weighted by Crippen LogP contribution is 2.26. The van der Waals surface area contributed by atoms with E-state index in [-0.39, 0.29) is 29.3 Å². The topological polar surface area (TPSA) is 72.4 Å². The number of rotatable bonds is 3.